The minimum absolute atomic E-state index is 0.233. The van der Waals surface area contributed by atoms with E-state index < -0.39 is 0 Å². The molecule has 16 heavy (non-hydrogen) atoms. The molecule has 0 bridgehead atoms. The lowest BCUT2D eigenvalue weighted by molar-refractivity contribution is 0.0955. The van der Waals surface area contributed by atoms with Gasteiger partial charge in [-0.25, -0.2) is 5.43 Å². The zero-order valence-electron chi connectivity index (χ0n) is 9.47. The van der Waals surface area contributed by atoms with Crippen molar-refractivity contribution < 1.29 is 4.79 Å². The fourth-order valence-electron chi connectivity index (χ4n) is 1.14. The first kappa shape index (κ1) is 12.1. The second kappa shape index (κ2) is 6.50. The molecule has 0 atom stereocenters. The average Bonchev–Trinajstić information content (AvgIpc) is 2.30. The van der Waals surface area contributed by atoms with Crippen LogP contribution in [-0.4, -0.2) is 17.1 Å². The van der Waals surface area contributed by atoms with Crippen LogP contribution in [-0.2, 0) is 0 Å². The standard InChI is InChI=1S/C12H15N3O/c1-3-4-10(2)9-14-15-12(16)11-5-7-13-8-6-11/h4-9H,3H2,1-2H3,(H,15,16)/b10-4+,14-9+. The molecule has 0 spiro atoms. The second-order valence-electron chi connectivity index (χ2n) is 3.29. The molecule has 1 N–H and O–H groups in total. The van der Waals surface area contributed by atoms with E-state index in [2.05, 4.69) is 15.5 Å². The highest BCUT2D eigenvalue weighted by atomic mass is 16.2. The second-order valence-corrected chi connectivity index (χ2v) is 3.29. The van der Waals surface area contributed by atoms with E-state index in [4.69, 9.17) is 0 Å². The van der Waals surface area contributed by atoms with Gasteiger partial charge in [0.15, 0.2) is 0 Å². The molecule has 1 aromatic heterocycles. The Balaban J connectivity index is 2.51. The summed E-state index contributed by atoms with van der Waals surface area (Å²) in [5, 5.41) is 3.85. The Morgan fingerprint density at radius 3 is 2.81 bits per heavy atom. The van der Waals surface area contributed by atoms with Crippen molar-refractivity contribution in [1.82, 2.24) is 10.4 Å². The maximum absolute atomic E-state index is 11.5. The Hall–Kier alpha value is -1.97. The molecule has 1 rings (SSSR count). The van der Waals surface area contributed by atoms with Crippen LogP contribution in [0.5, 0.6) is 0 Å². The summed E-state index contributed by atoms with van der Waals surface area (Å²) in [5.74, 6) is -0.233. The Kier molecular flexibility index (Phi) is 4.92. The molecule has 0 aromatic carbocycles. The summed E-state index contributed by atoms with van der Waals surface area (Å²) in [6.45, 7) is 3.98. The third-order valence-electron chi connectivity index (χ3n) is 1.90. The molecule has 0 unspecified atom stereocenters. The predicted molar refractivity (Wildman–Crippen MR) is 64.2 cm³/mol. The highest BCUT2D eigenvalue weighted by Gasteiger charge is 2.01. The Labute approximate surface area is 95.1 Å². The lowest BCUT2D eigenvalue weighted by atomic mass is 10.2. The number of hydrogen-bond donors (Lipinski definition) is 1. The van der Waals surface area contributed by atoms with E-state index in [9.17, 15) is 4.79 Å². The maximum atomic E-state index is 11.5. The van der Waals surface area contributed by atoms with E-state index >= 15 is 0 Å². The number of hydrazone groups is 1. The predicted octanol–water partition coefficient (Wildman–Crippen LogP) is 2.15. The molecule has 1 aromatic rings. The Morgan fingerprint density at radius 2 is 2.19 bits per heavy atom. The van der Waals surface area contributed by atoms with Crippen molar-refractivity contribution in [3.63, 3.8) is 0 Å². The number of amides is 1. The van der Waals surface area contributed by atoms with E-state index in [1.807, 2.05) is 19.9 Å². The molecule has 0 saturated heterocycles. The van der Waals surface area contributed by atoms with Crippen LogP contribution in [0.25, 0.3) is 0 Å². The summed E-state index contributed by atoms with van der Waals surface area (Å²) in [4.78, 5) is 15.3. The highest BCUT2D eigenvalue weighted by Crippen LogP contribution is 1.95. The molecule has 4 heteroatoms. The monoisotopic (exact) mass is 217 g/mol. The lowest BCUT2D eigenvalue weighted by Gasteiger charge is -1.98. The number of pyridine rings is 1. The van der Waals surface area contributed by atoms with Gasteiger partial charge < -0.3 is 0 Å². The average molecular weight is 217 g/mol. The molecular weight excluding hydrogens is 202 g/mol. The number of nitrogens with one attached hydrogen (secondary N) is 1. The fourth-order valence-corrected chi connectivity index (χ4v) is 1.14. The van der Waals surface area contributed by atoms with Crippen molar-refractivity contribution >= 4 is 12.1 Å². The van der Waals surface area contributed by atoms with Gasteiger partial charge in [-0.1, -0.05) is 13.0 Å². The molecule has 0 fully saturated rings. The van der Waals surface area contributed by atoms with Crippen LogP contribution in [0.3, 0.4) is 0 Å². The SMILES string of the molecule is CC/C=C(C)/C=N/NC(=O)c1ccncc1. The molecule has 0 aliphatic rings. The fraction of sp³-hybridized carbons (Fsp3) is 0.250. The third kappa shape index (κ3) is 4.04. The van der Waals surface area contributed by atoms with Gasteiger partial charge >= 0.3 is 0 Å². The molecule has 1 amide bonds. The topological polar surface area (TPSA) is 54.4 Å². The molecule has 0 aliphatic heterocycles. The van der Waals surface area contributed by atoms with Crippen LogP contribution in [0.15, 0.2) is 41.3 Å². The lowest BCUT2D eigenvalue weighted by Crippen LogP contribution is -2.17. The smallest absolute Gasteiger partial charge is 0.267 e. The maximum Gasteiger partial charge on any atom is 0.271 e. The highest BCUT2D eigenvalue weighted by molar-refractivity contribution is 5.94. The van der Waals surface area contributed by atoms with Crippen molar-refractivity contribution in [2.24, 2.45) is 5.10 Å². The number of carbonyl (C=O) groups is 1. The van der Waals surface area contributed by atoms with Gasteiger partial charge in [0.25, 0.3) is 5.91 Å². The first-order chi connectivity index (χ1) is 7.74. The Morgan fingerprint density at radius 1 is 1.50 bits per heavy atom. The van der Waals surface area contributed by atoms with Crippen molar-refractivity contribution in [2.45, 2.75) is 20.3 Å². The van der Waals surface area contributed by atoms with E-state index in [0.29, 0.717) is 5.56 Å². The van der Waals surface area contributed by atoms with E-state index in [-0.39, 0.29) is 5.91 Å². The van der Waals surface area contributed by atoms with E-state index in [1.165, 1.54) is 0 Å². The van der Waals surface area contributed by atoms with Gasteiger partial charge in [0, 0.05) is 24.2 Å². The quantitative estimate of drug-likeness (QED) is 0.620. The van der Waals surface area contributed by atoms with Gasteiger partial charge in [-0.2, -0.15) is 5.10 Å². The summed E-state index contributed by atoms with van der Waals surface area (Å²) < 4.78 is 0. The van der Waals surface area contributed by atoms with Gasteiger partial charge in [0.05, 0.1) is 0 Å². The molecule has 4 nitrogen and oxygen atoms in total. The van der Waals surface area contributed by atoms with Crippen LogP contribution in [0, 0.1) is 0 Å². The first-order valence-electron chi connectivity index (χ1n) is 5.14. The minimum Gasteiger partial charge on any atom is -0.267 e. The van der Waals surface area contributed by atoms with Crippen LogP contribution in [0.2, 0.25) is 0 Å². The molecule has 0 saturated carbocycles. The third-order valence-corrected chi connectivity index (χ3v) is 1.90. The molecule has 0 aliphatic carbocycles. The number of nitrogens with zero attached hydrogens (tertiary/aromatic N) is 2. The molecule has 1 heterocycles. The van der Waals surface area contributed by atoms with Crippen LogP contribution >= 0.6 is 0 Å². The van der Waals surface area contributed by atoms with Crippen LogP contribution in [0.4, 0.5) is 0 Å². The van der Waals surface area contributed by atoms with Gasteiger partial charge in [-0.05, 0) is 31.1 Å². The van der Waals surface area contributed by atoms with Crippen molar-refractivity contribution in [3.05, 3.63) is 41.7 Å². The summed E-state index contributed by atoms with van der Waals surface area (Å²) in [5.41, 5.74) is 4.02. The van der Waals surface area contributed by atoms with Crippen LogP contribution in [0.1, 0.15) is 30.6 Å². The number of carbonyl (C=O) groups excluding carboxylic acids is 1. The number of rotatable bonds is 4. The summed E-state index contributed by atoms with van der Waals surface area (Å²) >= 11 is 0. The first-order valence-corrected chi connectivity index (χ1v) is 5.14. The normalized spacial score (nSPS) is 11.8. The largest absolute Gasteiger partial charge is 0.271 e. The van der Waals surface area contributed by atoms with E-state index in [1.54, 1.807) is 30.7 Å². The van der Waals surface area contributed by atoms with Gasteiger partial charge in [-0.3, -0.25) is 9.78 Å². The molecule has 84 valence electrons. The van der Waals surface area contributed by atoms with Crippen molar-refractivity contribution in [1.29, 1.82) is 0 Å². The van der Waals surface area contributed by atoms with Crippen molar-refractivity contribution in [2.75, 3.05) is 0 Å². The summed E-state index contributed by atoms with van der Waals surface area (Å²) in [6, 6.07) is 3.28. The zero-order chi connectivity index (χ0) is 11.8. The molecular formula is C12H15N3O. The van der Waals surface area contributed by atoms with Crippen LogP contribution < -0.4 is 5.43 Å². The minimum atomic E-state index is -0.233. The zero-order valence-corrected chi connectivity index (χ0v) is 9.47. The van der Waals surface area contributed by atoms with Gasteiger partial charge in [0.2, 0.25) is 0 Å². The summed E-state index contributed by atoms with van der Waals surface area (Å²) in [6.07, 6.45) is 7.75. The molecule has 0 radical (unpaired) electrons. The van der Waals surface area contributed by atoms with E-state index in [0.717, 1.165) is 12.0 Å². The summed E-state index contributed by atoms with van der Waals surface area (Å²) in [7, 11) is 0. The van der Waals surface area contributed by atoms with Gasteiger partial charge in [-0.15, -0.1) is 0 Å². The Bertz CT molecular complexity index is 396. The number of aromatic nitrogens is 1. The number of hydrogen-bond acceptors (Lipinski definition) is 3. The van der Waals surface area contributed by atoms with Crippen molar-refractivity contribution in [3.8, 4) is 0 Å². The number of allylic oxidation sites excluding steroid dienone is 2. The van der Waals surface area contributed by atoms with Gasteiger partial charge in [0.1, 0.15) is 0 Å².